The molecule has 2 heterocycles. The highest BCUT2D eigenvalue weighted by Crippen LogP contribution is 2.35. The molecule has 0 amide bonds. The summed E-state index contributed by atoms with van der Waals surface area (Å²) in [6.45, 7) is 3.27. The Labute approximate surface area is 217 Å². The zero-order valence-corrected chi connectivity index (χ0v) is 22.1. The second-order valence-electron chi connectivity index (χ2n) is 9.40. The van der Waals surface area contributed by atoms with Crippen LogP contribution in [0.15, 0.2) is 65.2 Å². The van der Waals surface area contributed by atoms with Gasteiger partial charge in [-0.15, -0.1) is 10.2 Å². The SMILES string of the molecule is CCCCCC(Cc1nnc(-c2ccc(CNCCCP(=O)(O)O)c3ncccc23)o1)c1ccccc1. The van der Waals surface area contributed by atoms with Crippen molar-refractivity contribution in [3.05, 3.63) is 77.8 Å². The fourth-order valence-electron chi connectivity index (χ4n) is 4.60. The van der Waals surface area contributed by atoms with E-state index < -0.39 is 7.60 Å². The molecule has 0 saturated carbocycles. The Morgan fingerprint density at radius 3 is 2.62 bits per heavy atom. The van der Waals surface area contributed by atoms with Crippen LogP contribution < -0.4 is 5.32 Å². The Morgan fingerprint density at radius 1 is 1.00 bits per heavy atom. The third-order valence-corrected chi connectivity index (χ3v) is 7.42. The average Bonchev–Trinajstić information content (AvgIpc) is 3.36. The molecule has 2 aromatic heterocycles. The van der Waals surface area contributed by atoms with Crippen molar-refractivity contribution in [2.24, 2.45) is 0 Å². The Balaban J connectivity index is 1.50. The first-order chi connectivity index (χ1) is 17.9. The summed E-state index contributed by atoms with van der Waals surface area (Å²) in [7, 11) is -3.97. The first kappa shape index (κ1) is 27.1. The van der Waals surface area contributed by atoms with Crippen LogP contribution >= 0.6 is 7.60 Å². The number of benzene rings is 2. The van der Waals surface area contributed by atoms with Gasteiger partial charge in [-0.1, -0.05) is 68.7 Å². The van der Waals surface area contributed by atoms with Gasteiger partial charge in [-0.2, -0.15) is 0 Å². The van der Waals surface area contributed by atoms with Crippen molar-refractivity contribution >= 4 is 18.5 Å². The van der Waals surface area contributed by atoms with Gasteiger partial charge in [-0.25, -0.2) is 0 Å². The summed E-state index contributed by atoms with van der Waals surface area (Å²) >= 11 is 0. The van der Waals surface area contributed by atoms with Crippen molar-refractivity contribution in [1.82, 2.24) is 20.5 Å². The maximum Gasteiger partial charge on any atom is 0.325 e. The molecule has 4 aromatic rings. The van der Waals surface area contributed by atoms with Crippen molar-refractivity contribution in [1.29, 1.82) is 0 Å². The van der Waals surface area contributed by atoms with Gasteiger partial charge in [0.2, 0.25) is 11.8 Å². The molecule has 0 spiro atoms. The molecule has 0 fully saturated rings. The summed E-state index contributed by atoms with van der Waals surface area (Å²) in [5, 5.41) is 13.0. The number of fused-ring (bicyclic) bond motifs is 1. The number of hydrogen-bond donors (Lipinski definition) is 3. The number of nitrogens with zero attached hydrogens (tertiary/aromatic N) is 3. The molecule has 2 aromatic carbocycles. The molecule has 8 nitrogen and oxygen atoms in total. The summed E-state index contributed by atoms with van der Waals surface area (Å²) in [6, 6.07) is 18.4. The van der Waals surface area contributed by atoms with E-state index in [1.807, 2.05) is 30.3 Å². The van der Waals surface area contributed by atoms with Crippen LogP contribution in [0.3, 0.4) is 0 Å². The highest BCUT2D eigenvalue weighted by molar-refractivity contribution is 7.51. The van der Waals surface area contributed by atoms with E-state index in [2.05, 4.69) is 51.7 Å². The highest BCUT2D eigenvalue weighted by atomic mass is 31.2. The largest absolute Gasteiger partial charge is 0.421 e. The van der Waals surface area contributed by atoms with Gasteiger partial charge in [-0.3, -0.25) is 9.55 Å². The standard InChI is InChI=1S/C28H35N4O4P/c1-2-3-5-12-22(21-10-6-4-7-11-21)19-26-31-32-28(36-26)25-15-14-23(27-24(25)13-8-17-30-27)20-29-16-9-18-37(33,34)35/h4,6-8,10-11,13-15,17,22,29H,2-3,5,9,12,16,18-20H2,1H3,(H2,33,34,35). The van der Waals surface area contributed by atoms with E-state index >= 15 is 0 Å². The predicted molar refractivity (Wildman–Crippen MR) is 145 cm³/mol. The number of pyridine rings is 1. The van der Waals surface area contributed by atoms with Crippen molar-refractivity contribution in [3.8, 4) is 11.5 Å². The highest BCUT2D eigenvalue weighted by Gasteiger charge is 2.19. The number of aromatic nitrogens is 3. The number of nitrogens with one attached hydrogen (secondary N) is 1. The second-order valence-corrected chi connectivity index (χ2v) is 11.2. The zero-order chi connectivity index (χ0) is 26.1. The molecule has 1 unspecified atom stereocenters. The molecule has 0 aliphatic rings. The van der Waals surface area contributed by atoms with Gasteiger partial charge in [0.05, 0.1) is 11.7 Å². The topological polar surface area (TPSA) is 121 Å². The smallest absolute Gasteiger partial charge is 0.325 e. The lowest BCUT2D eigenvalue weighted by molar-refractivity contribution is 0.371. The molecular formula is C28H35N4O4P. The van der Waals surface area contributed by atoms with Crippen molar-refractivity contribution in [3.63, 3.8) is 0 Å². The molecule has 0 radical (unpaired) electrons. The summed E-state index contributed by atoms with van der Waals surface area (Å²) in [5.41, 5.74) is 3.97. The summed E-state index contributed by atoms with van der Waals surface area (Å²) in [5.74, 6) is 1.45. The van der Waals surface area contributed by atoms with Gasteiger partial charge in [-0.05, 0) is 48.6 Å². The van der Waals surface area contributed by atoms with Gasteiger partial charge in [0.15, 0.2) is 0 Å². The lowest BCUT2D eigenvalue weighted by Crippen LogP contribution is -2.16. The van der Waals surface area contributed by atoms with Gasteiger partial charge in [0.1, 0.15) is 0 Å². The Bertz CT molecular complexity index is 1320. The van der Waals surface area contributed by atoms with E-state index in [1.165, 1.54) is 24.8 Å². The van der Waals surface area contributed by atoms with Crippen LogP contribution in [0.2, 0.25) is 0 Å². The molecule has 196 valence electrons. The average molecular weight is 523 g/mol. The molecule has 0 aliphatic heterocycles. The lowest BCUT2D eigenvalue weighted by atomic mass is 9.90. The van der Waals surface area contributed by atoms with E-state index in [-0.39, 0.29) is 6.16 Å². The van der Waals surface area contributed by atoms with E-state index in [0.29, 0.717) is 43.6 Å². The van der Waals surface area contributed by atoms with Crippen LogP contribution in [0.1, 0.15) is 62.0 Å². The number of rotatable bonds is 14. The fourth-order valence-corrected chi connectivity index (χ4v) is 5.17. The van der Waals surface area contributed by atoms with Gasteiger partial charge in [0, 0.05) is 30.1 Å². The number of unbranched alkanes of at least 4 members (excludes halogenated alkanes) is 2. The summed E-state index contributed by atoms with van der Waals surface area (Å²) in [4.78, 5) is 22.6. The van der Waals surface area contributed by atoms with E-state index in [0.717, 1.165) is 28.5 Å². The molecule has 0 saturated heterocycles. The maximum absolute atomic E-state index is 11.0. The Morgan fingerprint density at radius 2 is 1.84 bits per heavy atom. The third-order valence-electron chi connectivity index (χ3n) is 6.52. The molecular weight excluding hydrogens is 487 g/mol. The lowest BCUT2D eigenvalue weighted by Gasteiger charge is -2.15. The quantitative estimate of drug-likeness (QED) is 0.139. The second kappa shape index (κ2) is 13.1. The molecule has 0 bridgehead atoms. The molecule has 4 rings (SSSR count). The van der Waals surface area contributed by atoms with Crippen molar-refractivity contribution in [2.45, 2.75) is 57.9 Å². The van der Waals surface area contributed by atoms with Crippen LogP contribution in [0.25, 0.3) is 22.4 Å². The minimum Gasteiger partial charge on any atom is -0.421 e. The molecule has 9 heteroatoms. The summed E-state index contributed by atoms with van der Waals surface area (Å²) in [6.07, 6.45) is 7.38. The maximum atomic E-state index is 11.0. The van der Waals surface area contributed by atoms with Crippen LogP contribution in [-0.2, 0) is 17.5 Å². The molecule has 37 heavy (non-hydrogen) atoms. The van der Waals surface area contributed by atoms with Crippen LogP contribution in [-0.4, -0.2) is 37.7 Å². The summed E-state index contributed by atoms with van der Waals surface area (Å²) < 4.78 is 17.2. The van der Waals surface area contributed by atoms with Crippen LogP contribution in [0, 0.1) is 0 Å². The fraction of sp³-hybridized carbons (Fsp3) is 0.393. The van der Waals surface area contributed by atoms with E-state index in [1.54, 1.807) is 6.20 Å². The third kappa shape index (κ3) is 7.79. The normalized spacial score (nSPS) is 12.7. The predicted octanol–water partition coefficient (Wildman–Crippen LogP) is 5.85. The van der Waals surface area contributed by atoms with Gasteiger partial charge < -0.3 is 19.5 Å². The van der Waals surface area contributed by atoms with E-state index in [9.17, 15) is 4.57 Å². The minimum atomic E-state index is -3.97. The first-order valence-electron chi connectivity index (χ1n) is 12.9. The van der Waals surface area contributed by atoms with Crippen LogP contribution in [0.4, 0.5) is 0 Å². The molecule has 3 N–H and O–H groups in total. The Kier molecular flexibility index (Phi) is 9.58. The van der Waals surface area contributed by atoms with Crippen molar-refractivity contribution < 1.29 is 18.8 Å². The van der Waals surface area contributed by atoms with Crippen molar-refractivity contribution in [2.75, 3.05) is 12.7 Å². The molecule has 1 atom stereocenters. The monoisotopic (exact) mass is 522 g/mol. The first-order valence-corrected chi connectivity index (χ1v) is 14.7. The molecule has 0 aliphatic carbocycles. The van der Waals surface area contributed by atoms with E-state index in [4.69, 9.17) is 14.2 Å². The van der Waals surface area contributed by atoms with Gasteiger partial charge >= 0.3 is 7.60 Å². The van der Waals surface area contributed by atoms with Crippen LogP contribution in [0.5, 0.6) is 0 Å². The zero-order valence-electron chi connectivity index (χ0n) is 21.2. The van der Waals surface area contributed by atoms with Gasteiger partial charge in [0.25, 0.3) is 0 Å². The number of hydrogen-bond acceptors (Lipinski definition) is 6. The Hall–Kier alpha value is -2.90. The minimum absolute atomic E-state index is 0.124.